The minimum atomic E-state index is -0.728. The van der Waals surface area contributed by atoms with E-state index in [0.717, 1.165) is 16.9 Å². The SMILES string of the molecule is COc1ccc([C@H](CNC(=O)[C@H](Cc2ccccc2)NC(N)=O)[NH+](C)C)cc1. The summed E-state index contributed by atoms with van der Waals surface area (Å²) in [7, 11) is 5.69. The zero-order chi connectivity index (χ0) is 20.5. The van der Waals surface area contributed by atoms with Crippen molar-refractivity contribution in [3.63, 3.8) is 0 Å². The molecule has 0 saturated heterocycles. The van der Waals surface area contributed by atoms with Crippen LogP contribution in [0.1, 0.15) is 17.2 Å². The van der Waals surface area contributed by atoms with Gasteiger partial charge in [-0.3, -0.25) is 4.79 Å². The molecule has 150 valence electrons. The van der Waals surface area contributed by atoms with Crippen LogP contribution in [-0.2, 0) is 11.2 Å². The molecule has 2 atom stereocenters. The Morgan fingerprint density at radius 3 is 2.25 bits per heavy atom. The number of nitrogens with one attached hydrogen (secondary N) is 3. The highest BCUT2D eigenvalue weighted by Gasteiger charge is 2.24. The van der Waals surface area contributed by atoms with Crippen molar-refractivity contribution in [3.05, 3.63) is 65.7 Å². The van der Waals surface area contributed by atoms with Crippen LogP contribution in [0.5, 0.6) is 5.75 Å². The van der Waals surface area contributed by atoms with E-state index in [4.69, 9.17) is 10.5 Å². The lowest BCUT2D eigenvalue weighted by Crippen LogP contribution is -3.07. The summed E-state index contributed by atoms with van der Waals surface area (Å²) in [6, 6.07) is 15.9. The number of amides is 3. The summed E-state index contributed by atoms with van der Waals surface area (Å²) in [5, 5.41) is 5.50. The molecule has 2 aromatic rings. The minimum absolute atomic E-state index is 0.0563. The highest BCUT2D eigenvalue weighted by molar-refractivity contribution is 5.86. The van der Waals surface area contributed by atoms with Crippen molar-refractivity contribution in [3.8, 4) is 5.75 Å². The molecule has 0 aliphatic rings. The van der Waals surface area contributed by atoms with Crippen LogP contribution in [0.25, 0.3) is 0 Å². The molecule has 7 nitrogen and oxygen atoms in total. The third kappa shape index (κ3) is 6.28. The molecule has 0 spiro atoms. The number of hydrogen-bond donors (Lipinski definition) is 4. The van der Waals surface area contributed by atoms with E-state index in [9.17, 15) is 9.59 Å². The first kappa shape index (κ1) is 21.2. The van der Waals surface area contributed by atoms with E-state index < -0.39 is 12.1 Å². The molecule has 2 aromatic carbocycles. The lowest BCUT2D eigenvalue weighted by molar-refractivity contribution is -0.890. The molecule has 0 fully saturated rings. The zero-order valence-corrected chi connectivity index (χ0v) is 16.6. The van der Waals surface area contributed by atoms with Crippen molar-refractivity contribution in [1.29, 1.82) is 0 Å². The van der Waals surface area contributed by atoms with Crippen LogP contribution in [0.2, 0.25) is 0 Å². The lowest BCUT2D eigenvalue weighted by atomic mass is 10.0. The van der Waals surface area contributed by atoms with Crippen LogP contribution in [0.4, 0.5) is 4.79 Å². The molecule has 0 aromatic heterocycles. The van der Waals surface area contributed by atoms with Crippen LogP contribution in [0.3, 0.4) is 0 Å². The second kappa shape index (κ2) is 10.3. The van der Waals surface area contributed by atoms with E-state index in [2.05, 4.69) is 10.6 Å². The summed E-state index contributed by atoms with van der Waals surface area (Å²) < 4.78 is 5.20. The normalized spacial score (nSPS) is 12.9. The van der Waals surface area contributed by atoms with E-state index >= 15 is 0 Å². The average Bonchev–Trinajstić information content (AvgIpc) is 2.68. The molecule has 0 aliphatic carbocycles. The summed E-state index contributed by atoms with van der Waals surface area (Å²) in [6.45, 7) is 0.430. The van der Waals surface area contributed by atoms with Crippen molar-refractivity contribution < 1.29 is 19.2 Å². The summed E-state index contributed by atoms with van der Waals surface area (Å²) in [5.74, 6) is 0.524. The Balaban J connectivity index is 2.06. The van der Waals surface area contributed by atoms with Crippen molar-refractivity contribution >= 4 is 11.9 Å². The molecule has 7 heteroatoms. The van der Waals surface area contributed by atoms with Crippen LogP contribution in [0.15, 0.2) is 54.6 Å². The Hall–Kier alpha value is -3.06. The van der Waals surface area contributed by atoms with Crippen molar-refractivity contribution in [1.82, 2.24) is 10.6 Å². The summed E-state index contributed by atoms with van der Waals surface area (Å²) in [6.07, 6.45) is 0.373. The number of primary amides is 1. The first-order valence-electron chi connectivity index (χ1n) is 9.22. The van der Waals surface area contributed by atoms with E-state index in [1.165, 1.54) is 4.90 Å². The molecule has 2 rings (SSSR count). The Kier molecular flexibility index (Phi) is 7.83. The summed E-state index contributed by atoms with van der Waals surface area (Å²) >= 11 is 0. The van der Waals surface area contributed by atoms with Gasteiger partial charge < -0.3 is 26.0 Å². The molecular formula is C21H29N4O3+. The standard InChI is InChI=1S/C21H28N4O3/c1-25(2)19(16-9-11-17(28-3)12-10-16)14-23-20(26)18(24-21(22)27)13-15-7-5-4-6-8-15/h4-12,18-19H,13-14H2,1-3H3,(H,23,26)(H3,22,24,27)/p+1/t18-,19-/m0/s1. The number of methoxy groups -OCH3 is 1. The quantitative estimate of drug-likeness (QED) is 0.499. The van der Waals surface area contributed by atoms with Crippen LogP contribution >= 0.6 is 0 Å². The molecule has 0 heterocycles. The largest absolute Gasteiger partial charge is 0.497 e. The molecular weight excluding hydrogens is 356 g/mol. The summed E-state index contributed by atoms with van der Waals surface area (Å²) in [4.78, 5) is 25.3. The molecule has 0 aliphatic heterocycles. The van der Waals surface area contributed by atoms with Gasteiger partial charge in [0.2, 0.25) is 5.91 Å². The molecule has 3 amide bonds. The Labute approximate surface area is 165 Å². The third-order valence-electron chi connectivity index (χ3n) is 4.61. The van der Waals surface area contributed by atoms with Crippen LogP contribution in [0, 0.1) is 0 Å². The van der Waals surface area contributed by atoms with Gasteiger partial charge in [-0.25, -0.2) is 4.79 Å². The minimum Gasteiger partial charge on any atom is -0.497 e. The number of likely N-dealkylation sites (N-methyl/N-ethyl adjacent to an activating group) is 1. The topological polar surface area (TPSA) is 97.9 Å². The fraction of sp³-hybridized carbons (Fsp3) is 0.333. The van der Waals surface area contributed by atoms with Gasteiger partial charge in [0.15, 0.2) is 0 Å². The molecule has 0 bridgehead atoms. The molecule has 0 radical (unpaired) electrons. The van der Waals surface area contributed by atoms with E-state index in [0.29, 0.717) is 13.0 Å². The summed E-state index contributed by atoms with van der Waals surface area (Å²) in [5.41, 5.74) is 7.29. The fourth-order valence-corrected chi connectivity index (χ4v) is 3.05. The van der Waals surface area contributed by atoms with E-state index in [1.807, 2.05) is 68.7 Å². The van der Waals surface area contributed by atoms with Gasteiger partial charge in [-0.1, -0.05) is 30.3 Å². The molecule has 0 saturated carbocycles. The average molecular weight is 385 g/mol. The van der Waals surface area contributed by atoms with Crippen molar-refractivity contribution in [2.45, 2.75) is 18.5 Å². The van der Waals surface area contributed by atoms with Gasteiger partial charge in [-0.2, -0.15) is 0 Å². The van der Waals surface area contributed by atoms with Gasteiger partial charge >= 0.3 is 6.03 Å². The number of hydrogen-bond acceptors (Lipinski definition) is 3. The number of nitrogens with two attached hydrogens (primary N) is 1. The van der Waals surface area contributed by atoms with Gasteiger partial charge in [-0.15, -0.1) is 0 Å². The molecule has 28 heavy (non-hydrogen) atoms. The third-order valence-corrected chi connectivity index (χ3v) is 4.61. The van der Waals surface area contributed by atoms with Crippen LogP contribution in [-0.4, -0.2) is 45.7 Å². The number of carbonyl (C=O) groups excluding carboxylic acids is 2. The Morgan fingerprint density at radius 1 is 1.07 bits per heavy atom. The maximum absolute atomic E-state index is 12.7. The van der Waals surface area contributed by atoms with E-state index in [-0.39, 0.29) is 11.9 Å². The second-order valence-corrected chi connectivity index (χ2v) is 6.90. The first-order chi connectivity index (χ1) is 13.4. The first-order valence-corrected chi connectivity index (χ1v) is 9.22. The van der Waals surface area contributed by atoms with E-state index in [1.54, 1.807) is 7.11 Å². The number of urea groups is 1. The van der Waals surface area contributed by atoms with Gasteiger partial charge in [0.1, 0.15) is 17.8 Å². The number of quaternary nitrogens is 1. The fourth-order valence-electron chi connectivity index (χ4n) is 3.05. The predicted molar refractivity (Wildman–Crippen MR) is 108 cm³/mol. The van der Waals surface area contributed by atoms with Gasteiger partial charge in [0.05, 0.1) is 27.7 Å². The Bertz CT molecular complexity index is 763. The molecule has 5 N–H and O–H groups in total. The number of benzene rings is 2. The molecule has 0 unspecified atom stereocenters. The zero-order valence-electron chi connectivity index (χ0n) is 16.6. The number of ether oxygens (including phenoxy) is 1. The maximum atomic E-state index is 12.7. The Morgan fingerprint density at radius 2 is 1.71 bits per heavy atom. The second-order valence-electron chi connectivity index (χ2n) is 6.90. The monoisotopic (exact) mass is 385 g/mol. The smallest absolute Gasteiger partial charge is 0.312 e. The lowest BCUT2D eigenvalue weighted by Gasteiger charge is -2.24. The number of carbonyl (C=O) groups is 2. The van der Waals surface area contributed by atoms with Gasteiger partial charge in [0, 0.05) is 12.0 Å². The van der Waals surface area contributed by atoms with Gasteiger partial charge in [-0.05, 0) is 29.8 Å². The highest BCUT2D eigenvalue weighted by atomic mass is 16.5. The van der Waals surface area contributed by atoms with Crippen molar-refractivity contribution in [2.24, 2.45) is 5.73 Å². The van der Waals surface area contributed by atoms with Gasteiger partial charge in [0.25, 0.3) is 0 Å². The van der Waals surface area contributed by atoms with Crippen molar-refractivity contribution in [2.75, 3.05) is 27.7 Å². The number of rotatable bonds is 9. The predicted octanol–water partition coefficient (Wildman–Crippen LogP) is 0.277. The van der Waals surface area contributed by atoms with Crippen LogP contribution < -0.4 is 26.0 Å². The highest BCUT2D eigenvalue weighted by Crippen LogP contribution is 2.15. The maximum Gasteiger partial charge on any atom is 0.312 e.